The van der Waals surface area contributed by atoms with Crippen LogP contribution in [0.4, 0.5) is 5.69 Å². The van der Waals surface area contributed by atoms with Crippen molar-refractivity contribution in [2.75, 3.05) is 31.6 Å². The number of morpholine rings is 1. The van der Waals surface area contributed by atoms with Crippen molar-refractivity contribution in [3.8, 4) is 11.5 Å². The molecule has 1 N–H and O–H groups in total. The average Bonchev–Trinajstić information content (AvgIpc) is 3.31. The summed E-state index contributed by atoms with van der Waals surface area (Å²) in [6.45, 7) is 7.18. The van der Waals surface area contributed by atoms with Crippen LogP contribution >= 0.6 is 0 Å². The topological polar surface area (TPSA) is 115 Å². The molecule has 0 spiro atoms. The summed E-state index contributed by atoms with van der Waals surface area (Å²) in [6.07, 6.45) is 0. The Hall–Kier alpha value is -3.08. The molecule has 3 aromatic rings. The minimum atomic E-state index is -3.62. The summed E-state index contributed by atoms with van der Waals surface area (Å²) in [4.78, 5) is 17.6. The first-order valence-corrected chi connectivity index (χ1v) is 12.1. The predicted molar refractivity (Wildman–Crippen MR) is 123 cm³/mol. The van der Waals surface area contributed by atoms with Gasteiger partial charge >= 0.3 is 0 Å². The second-order valence-electron chi connectivity index (χ2n) is 8.10. The number of benzene rings is 2. The normalized spacial score (nSPS) is 15.0. The standard InChI is InChI=1S/C23H26N4O5S/c1-15(2)21-25-23(32-26-21)19-6-4-5-16(3)20(19)24-22(28)17-7-9-18(10-8-17)33(29,30)27-11-13-31-14-12-27/h4-10,15H,11-14H2,1-3H3,(H,24,28). The Morgan fingerprint density at radius 3 is 2.42 bits per heavy atom. The Morgan fingerprint density at radius 2 is 1.79 bits per heavy atom. The lowest BCUT2D eigenvalue weighted by atomic mass is 10.1. The maximum atomic E-state index is 13.0. The van der Waals surface area contributed by atoms with E-state index in [0.29, 0.717) is 54.8 Å². The van der Waals surface area contributed by atoms with Crippen LogP contribution in [0.25, 0.3) is 11.5 Å². The fraction of sp³-hybridized carbons (Fsp3) is 0.348. The Kier molecular flexibility index (Phi) is 6.59. The maximum absolute atomic E-state index is 13.0. The molecule has 0 bridgehead atoms. The first kappa shape index (κ1) is 23.1. The van der Waals surface area contributed by atoms with E-state index in [9.17, 15) is 13.2 Å². The number of carbonyl (C=O) groups is 1. The zero-order valence-electron chi connectivity index (χ0n) is 18.7. The van der Waals surface area contributed by atoms with Crippen molar-refractivity contribution < 1.29 is 22.5 Å². The molecule has 0 atom stereocenters. The van der Waals surface area contributed by atoms with E-state index < -0.39 is 10.0 Å². The van der Waals surface area contributed by atoms with E-state index in [1.54, 1.807) is 6.07 Å². The van der Waals surface area contributed by atoms with Crippen LogP contribution in [0.15, 0.2) is 51.9 Å². The molecule has 2 aromatic carbocycles. The maximum Gasteiger partial charge on any atom is 0.260 e. The van der Waals surface area contributed by atoms with Gasteiger partial charge in [-0.1, -0.05) is 31.1 Å². The minimum Gasteiger partial charge on any atom is -0.379 e. The fourth-order valence-corrected chi connectivity index (χ4v) is 4.90. The lowest BCUT2D eigenvalue weighted by molar-refractivity contribution is 0.0730. The van der Waals surface area contributed by atoms with Gasteiger partial charge < -0.3 is 14.6 Å². The molecular weight excluding hydrogens is 444 g/mol. The Bertz CT molecular complexity index is 1250. The number of hydrogen-bond donors (Lipinski definition) is 1. The van der Waals surface area contributed by atoms with Crippen LogP contribution in [0.3, 0.4) is 0 Å². The van der Waals surface area contributed by atoms with Gasteiger partial charge in [-0.3, -0.25) is 4.79 Å². The van der Waals surface area contributed by atoms with Crippen LogP contribution in [0, 0.1) is 6.92 Å². The lowest BCUT2D eigenvalue weighted by Gasteiger charge is -2.26. The van der Waals surface area contributed by atoms with Crippen molar-refractivity contribution in [3.05, 3.63) is 59.4 Å². The highest BCUT2D eigenvalue weighted by Gasteiger charge is 2.26. The van der Waals surface area contributed by atoms with Gasteiger partial charge in [-0.05, 0) is 42.8 Å². The zero-order chi connectivity index (χ0) is 23.6. The van der Waals surface area contributed by atoms with Crippen LogP contribution in [-0.4, -0.2) is 55.1 Å². The summed E-state index contributed by atoms with van der Waals surface area (Å²) in [5.41, 5.74) is 2.34. The third kappa shape index (κ3) is 4.82. The summed E-state index contributed by atoms with van der Waals surface area (Å²) in [5.74, 6) is 0.646. The van der Waals surface area contributed by atoms with Crippen LogP contribution in [0.1, 0.15) is 41.5 Å². The number of anilines is 1. The first-order valence-electron chi connectivity index (χ1n) is 10.7. The molecule has 0 saturated carbocycles. The van der Waals surface area contributed by atoms with Gasteiger partial charge in [0.2, 0.25) is 10.0 Å². The van der Waals surface area contributed by atoms with E-state index >= 15 is 0 Å². The number of rotatable bonds is 6. The largest absolute Gasteiger partial charge is 0.379 e. The number of aromatic nitrogens is 2. The van der Waals surface area contributed by atoms with Crippen LogP contribution in [-0.2, 0) is 14.8 Å². The molecule has 33 heavy (non-hydrogen) atoms. The van der Waals surface area contributed by atoms with Crippen molar-refractivity contribution in [1.82, 2.24) is 14.4 Å². The predicted octanol–water partition coefficient (Wildman–Crippen LogP) is 3.44. The first-order chi connectivity index (χ1) is 15.8. The van der Waals surface area contributed by atoms with E-state index in [2.05, 4.69) is 15.5 Å². The Morgan fingerprint density at radius 1 is 1.09 bits per heavy atom. The molecule has 4 rings (SSSR count). The van der Waals surface area contributed by atoms with Crippen LogP contribution in [0.5, 0.6) is 0 Å². The van der Waals surface area contributed by atoms with Gasteiger partial charge in [0.25, 0.3) is 11.8 Å². The summed E-state index contributed by atoms with van der Waals surface area (Å²) in [7, 11) is -3.62. The number of para-hydroxylation sites is 1. The van der Waals surface area contributed by atoms with Gasteiger partial charge in [0.05, 0.1) is 29.4 Å². The molecule has 1 aliphatic rings. The third-order valence-electron chi connectivity index (χ3n) is 5.42. The third-order valence-corrected chi connectivity index (χ3v) is 7.34. The van der Waals surface area contributed by atoms with Crippen LogP contribution < -0.4 is 5.32 Å². The van der Waals surface area contributed by atoms with Gasteiger partial charge in [0.1, 0.15) is 0 Å². The van der Waals surface area contributed by atoms with E-state index in [0.717, 1.165) is 5.56 Å². The number of nitrogens with zero attached hydrogens (tertiary/aromatic N) is 3. The molecule has 10 heteroatoms. The average molecular weight is 471 g/mol. The quantitative estimate of drug-likeness (QED) is 0.587. The van der Waals surface area contributed by atoms with Crippen molar-refractivity contribution in [1.29, 1.82) is 0 Å². The summed E-state index contributed by atoms with van der Waals surface area (Å²) < 4.78 is 37.6. The monoisotopic (exact) mass is 470 g/mol. The number of sulfonamides is 1. The van der Waals surface area contributed by atoms with Gasteiger partial charge in [0.15, 0.2) is 5.82 Å². The van der Waals surface area contributed by atoms with Crippen molar-refractivity contribution in [3.63, 3.8) is 0 Å². The molecule has 0 unspecified atom stereocenters. The van der Waals surface area contributed by atoms with Crippen molar-refractivity contribution >= 4 is 21.6 Å². The number of nitrogens with one attached hydrogen (secondary N) is 1. The number of hydrogen-bond acceptors (Lipinski definition) is 7. The highest BCUT2D eigenvalue weighted by molar-refractivity contribution is 7.89. The van der Waals surface area contributed by atoms with Gasteiger partial charge in [0, 0.05) is 24.6 Å². The van der Waals surface area contributed by atoms with E-state index in [4.69, 9.17) is 9.26 Å². The van der Waals surface area contributed by atoms with Crippen molar-refractivity contribution in [2.45, 2.75) is 31.6 Å². The van der Waals surface area contributed by atoms with E-state index in [1.807, 2.05) is 32.9 Å². The molecule has 1 fully saturated rings. The second kappa shape index (κ2) is 9.42. The molecule has 174 valence electrons. The highest BCUT2D eigenvalue weighted by Crippen LogP contribution is 2.31. The molecule has 1 aromatic heterocycles. The van der Waals surface area contributed by atoms with Crippen LogP contribution in [0.2, 0.25) is 0 Å². The Labute approximate surface area is 192 Å². The fourth-order valence-electron chi connectivity index (χ4n) is 3.49. The SMILES string of the molecule is Cc1cccc(-c2nc(C(C)C)no2)c1NC(=O)c1ccc(S(=O)(=O)N2CCOCC2)cc1. The smallest absolute Gasteiger partial charge is 0.260 e. The number of amides is 1. The lowest BCUT2D eigenvalue weighted by Crippen LogP contribution is -2.40. The molecular formula is C23H26N4O5S. The minimum absolute atomic E-state index is 0.109. The van der Waals surface area contributed by atoms with Gasteiger partial charge in [-0.15, -0.1) is 0 Å². The molecule has 1 saturated heterocycles. The summed E-state index contributed by atoms with van der Waals surface area (Å²) in [5, 5.41) is 6.91. The molecule has 1 aliphatic heterocycles. The van der Waals surface area contributed by atoms with E-state index in [1.165, 1.54) is 28.6 Å². The zero-order valence-corrected chi connectivity index (χ0v) is 19.6. The number of carbonyl (C=O) groups excluding carboxylic acids is 1. The number of aryl methyl sites for hydroxylation is 1. The Balaban J connectivity index is 1.56. The summed E-state index contributed by atoms with van der Waals surface area (Å²) >= 11 is 0. The molecule has 0 radical (unpaired) electrons. The molecule has 0 aliphatic carbocycles. The van der Waals surface area contributed by atoms with E-state index in [-0.39, 0.29) is 16.7 Å². The molecule has 1 amide bonds. The van der Waals surface area contributed by atoms with Gasteiger partial charge in [-0.25, -0.2) is 8.42 Å². The molecule has 9 nitrogen and oxygen atoms in total. The van der Waals surface area contributed by atoms with Crippen molar-refractivity contribution in [2.24, 2.45) is 0 Å². The highest BCUT2D eigenvalue weighted by atomic mass is 32.2. The second-order valence-corrected chi connectivity index (χ2v) is 10.0. The summed E-state index contributed by atoms with van der Waals surface area (Å²) in [6, 6.07) is 11.4. The van der Waals surface area contributed by atoms with Gasteiger partial charge in [-0.2, -0.15) is 9.29 Å². The number of ether oxygens (including phenoxy) is 1. The molecule has 2 heterocycles.